The molecule has 0 unspecified atom stereocenters. The fraction of sp³-hybridized carbons (Fsp3) is 0.357. The summed E-state index contributed by atoms with van der Waals surface area (Å²) in [6, 6.07) is 6.19. The lowest BCUT2D eigenvalue weighted by molar-refractivity contribution is 0.00637. The summed E-state index contributed by atoms with van der Waals surface area (Å²) in [6.45, 7) is 1.02. The zero-order valence-corrected chi connectivity index (χ0v) is 12.8. The van der Waals surface area contributed by atoms with E-state index in [-0.39, 0.29) is 18.5 Å². The second kappa shape index (κ2) is 5.79. The van der Waals surface area contributed by atoms with Crippen LogP contribution >= 0.6 is 0 Å². The second-order valence-corrected chi connectivity index (χ2v) is 7.06. The van der Waals surface area contributed by atoms with Crippen LogP contribution in [0.5, 0.6) is 0 Å². The fourth-order valence-corrected chi connectivity index (χ4v) is 2.89. The zero-order chi connectivity index (χ0) is 15.7. The van der Waals surface area contributed by atoms with Gasteiger partial charge in [0.05, 0.1) is 30.8 Å². The maximum absolute atomic E-state index is 13.0. The van der Waals surface area contributed by atoms with Gasteiger partial charge < -0.3 is 9.30 Å². The summed E-state index contributed by atoms with van der Waals surface area (Å²) in [6.07, 6.45) is 2.57. The van der Waals surface area contributed by atoms with E-state index in [1.807, 2.05) is 4.57 Å². The zero-order valence-electron chi connectivity index (χ0n) is 12.0. The van der Waals surface area contributed by atoms with E-state index in [9.17, 15) is 12.8 Å². The molecule has 6 nitrogen and oxygen atoms in total. The Bertz CT molecular complexity index is 771. The van der Waals surface area contributed by atoms with Crippen LogP contribution in [0.1, 0.15) is 5.82 Å². The number of nitrogens with one attached hydrogen (secondary N) is 1. The van der Waals surface area contributed by atoms with Crippen LogP contribution in [-0.4, -0.2) is 36.9 Å². The van der Waals surface area contributed by atoms with Crippen LogP contribution < -0.4 is 4.72 Å². The van der Waals surface area contributed by atoms with Crippen LogP contribution in [-0.2, 0) is 27.9 Å². The van der Waals surface area contributed by atoms with Crippen molar-refractivity contribution in [1.29, 1.82) is 0 Å². The molecule has 1 N–H and O–H groups in total. The number of hydrogen-bond donors (Lipinski definition) is 1. The normalized spacial score (nSPS) is 18.2. The molecule has 22 heavy (non-hydrogen) atoms. The minimum atomic E-state index is -3.25. The van der Waals surface area contributed by atoms with Crippen molar-refractivity contribution < 1.29 is 17.5 Å². The van der Waals surface area contributed by atoms with Gasteiger partial charge in [-0.2, -0.15) is 0 Å². The van der Waals surface area contributed by atoms with Crippen molar-refractivity contribution in [3.63, 3.8) is 0 Å². The summed E-state index contributed by atoms with van der Waals surface area (Å²) < 4.78 is 45.4. The first-order chi connectivity index (χ1) is 10.4. The van der Waals surface area contributed by atoms with Crippen LogP contribution in [0.2, 0.25) is 0 Å². The van der Waals surface area contributed by atoms with Gasteiger partial charge in [0.25, 0.3) is 0 Å². The van der Waals surface area contributed by atoms with E-state index in [0.717, 1.165) is 23.3 Å². The van der Waals surface area contributed by atoms with Crippen molar-refractivity contribution in [2.24, 2.45) is 0 Å². The third kappa shape index (κ3) is 3.34. The molecule has 0 bridgehead atoms. The number of fused-ring (bicyclic) bond motifs is 1. The lowest BCUT2D eigenvalue weighted by atomic mass is 10.1. The van der Waals surface area contributed by atoms with E-state index >= 15 is 0 Å². The standard InChI is InChI=1S/C14H16FN3O3S/c1-22(19,20)17-6-12-8-18-13(7-16-14(18)9-21-12)10-2-4-11(15)5-3-10/h2-5,7,12,17H,6,8-9H2,1H3/t12-/m0/s1. The number of ether oxygens (including phenoxy) is 1. The number of benzene rings is 1. The molecule has 1 aromatic heterocycles. The van der Waals surface area contributed by atoms with Gasteiger partial charge in [-0.1, -0.05) is 0 Å². The average Bonchev–Trinajstić information content (AvgIpc) is 2.88. The summed E-state index contributed by atoms with van der Waals surface area (Å²) >= 11 is 0. The molecule has 3 rings (SSSR count). The van der Waals surface area contributed by atoms with Crippen LogP contribution in [0.25, 0.3) is 11.3 Å². The van der Waals surface area contributed by atoms with Crippen molar-refractivity contribution in [3.05, 3.63) is 42.1 Å². The molecule has 0 saturated heterocycles. The van der Waals surface area contributed by atoms with Gasteiger partial charge in [-0.3, -0.25) is 0 Å². The molecule has 2 heterocycles. The largest absolute Gasteiger partial charge is 0.367 e. The molecule has 0 saturated carbocycles. The highest BCUT2D eigenvalue weighted by Crippen LogP contribution is 2.25. The van der Waals surface area contributed by atoms with Crippen molar-refractivity contribution in [3.8, 4) is 11.3 Å². The summed E-state index contributed by atoms with van der Waals surface area (Å²) in [5, 5.41) is 0. The molecule has 118 valence electrons. The van der Waals surface area contributed by atoms with Crippen molar-refractivity contribution >= 4 is 10.0 Å². The number of aromatic nitrogens is 2. The van der Waals surface area contributed by atoms with E-state index in [1.54, 1.807) is 18.3 Å². The van der Waals surface area contributed by atoms with Crippen LogP contribution in [0.15, 0.2) is 30.5 Å². The molecule has 8 heteroatoms. The third-order valence-corrected chi connectivity index (χ3v) is 4.18. The molecule has 1 aliphatic heterocycles. The monoisotopic (exact) mass is 325 g/mol. The Labute approximate surface area is 128 Å². The Hall–Kier alpha value is -1.77. The Kier molecular flexibility index (Phi) is 3.98. The van der Waals surface area contributed by atoms with Gasteiger partial charge in [-0.25, -0.2) is 22.5 Å². The lowest BCUT2D eigenvalue weighted by Gasteiger charge is -2.25. The lowest BCUT2D eigenvalue weighted by Crippen LogP contribution is -2.38. The predicted octanol–water partition coefficient (Wildman–Crippen LogP) is 1.14. The molecule has 1 atom stereocenters. The minimum Gasteiger partial charge on any atom is -0.367 e. The van der Waals surface area contributed by atoms with Gasteiger partial charge in [0.15, 0.2) is 0 Å². The van der Waals surface area contributed by atoms with Crippen LogP contribution in [0, 0.1) is 5.82 Å². The fourth-order valence-electron chi connectivity index (χ4n) is 2.40. The first-order valence-corrected chi connectivity index (χ1v) is 8.68. The Morgan fingerprint density at radius 1 is 1.41 bits per heavy atom. The van der Waals surface area contributed by atoms with E-state index in [0.29, 0.717) is 13.2 Å². The van der Waals surface area contributed by atoms with Crippen molar-refractivity contribution in [2.75, 3.05) is 12.8 Å². The van der Waals surface area contributed by atoms with E-state index in [4.69, 9.17) is 4.74 Å². The molecule has 1 aromatic carbocycles. The number of imidazole rings is 1. The molecule has 2 aromatic rings. The van der Waals surface area contributed by atoms with Gasteiger partial charge in [0.2, 0.25) is 10.0 Å². The molecular weight excluding hydrogens is 309 g/mol. The van der Waals surface area contributed by atoms with Gasteiger partial charge >= 0.3 is 0 Å². The number of nitrogens with zero attached hydrogens (tertiary/aromatic N) is 2. The number of hydrogen-bond acceptors (Lipinski definition) is 4. The molecule has 0 aliphatic carbocycles. The molecule has 1 aliphatic rings. The topological polar surface area (TPSA) is 73.2 Å². The maximum atomic E-state index is 13.0. The molecule has 0 radical (unpaired) electrons. The Balaban J connectivity index is 1.81. The Morgan fingerprint density at radius 2 is 2.14 bits per heavy atom. The van der Waals surface area contributed by atoms with Gasteiger partial charge in [-0.15, -0.1) is 0 Å². The van der Waals surface area contributed by atoms with Crippen LogP contribution in [0.4, 0.5) is 4.39 Å². The van der Waals surface area contributed by atoms with Gasteiger partial charge in [-0.05, 0) is 29.8 Å². The first kappa shape index (κ1) is 15.1. The molecular formula is C14H16FN3O3S. The van der Waals surface area contributed by atoms with Gasteiger partial charge in [0, 0.05) is 6.54 Å². The summed E-state index contributed by atoms with van der Waals surface area (Å²) in [5.41, 5.74) is 1.72. The highest BCUT2D eigenvalue weighted by molar-refractivity contribution is 7.88. The minimum absolute atomic E-state index is 0.208. The highest BCUT2D eigenvalue weighted by Gasteiger charge is 2.23. The molecule has 0 spiro atoms. The quantitative estimate of drug-likeness (QED) is 0.915. The first-order valence-electron chi connectivity index (χ1n) is 6.79. The van der Waals surface area contributed by atoms with E-state index in [1.165, 1.54) is 12.1 Å². The molecule has 0 amide bonds. The molecule has 0 fully saturated rings. The number of rotatable bonds is 4. The number of halogens is 1. The van der Waals surface area contributed by atoms with Crippen molar-refractivity contribution in [1.82, 2.24) is 14.3 Å². The Morgan fingerprint density at radius 3 is 2.82 bits per heavy atom. The van der Waals surface area contributed by atoms with E-state index in [2.05, 4.69) is 9.71 Å². The van der Waals surface area contributed by atoms with Crippen LogP contribution in [0.3, 0.4) is 0 Å². The SMILES string of the molecule is CS(=O)(=O)NC[C@H]1Cn2c(-c3ccc(F)cc3)cnc2CO1. The summed E-state index contributed by atoms with van der Waals surface area (Å²) in [4.78, 5) is 4.30. The van der Waals surface area contributed by atoms with Gasteiger partial charge in [0.1, 0.15) is 18.2 Å². The number of sulfonamides is 1. The smallest absolute Gasteiger partial charge is 0.208 e. The highest BCUT2D eigenvalue weighted by atomic mass is 32.2. The third-order valence-electron chi connectivity index (χ3n) is 3.49. The van der Waals surface area contributed by atoms with Crippen molar-refractivity contribution in [2.45, 2.75) is 19.3 Å². The summed E-state index contributed by atoms with van der Waals surface area (Å²) in [5.74, 6) is 0.482. The maximum Gasteiger partial charge on any atom is 0.208 e. The second-order valence-electron chi connectivity index (χ2n) is 5.23. The van der Waals surface area contributed by atoms with E-state index < -0.39 is 10.0 Å². The summed E-state index contributed by atoms with van der Waals surface area (Å²) in [7, 11) is -3.25. The predicted molar refractivity (Wildman–Crippen MR) is 79.0 cm³/mol. The average molecular weight is 325 g/mol.